The van der Waals surface area contributed by atoms with Gasteiger partial charge < -0.3 is 19.7 Å². The summed E-state index contributed by atoms with van der Waals surface area (Å²) in [6.07, 6.45) is 5.44. The largest absolute Gasteiger partial charge is 0.462 e. The van der Waals surface area contributed by atoms with Crippen molar-refractivity contribution in [2.45, 2.75) is 13.8 Å². The molecule has 0 aromatic carbocycles. The first kappa shape index (κ1) is 17.3. The summed E-state index contributed by atoms with van der Waals surface area (Å²) in [5.41, 5.74) is -1.20. The number of aliphatic hydroxyl groups is 2. The smallest absolute Gasteiger partial charge is 0.330 e. The third-order valence-corrected chi connectivity index (χ3v) is 2.32. The van der Waals surface area contributed by atoms with Gasteiger partial charge in [0.05, 0.1) is 18.6 Å². The minimum Gasteiger partial charge on any atom is -0.462 e. The van der Waals surface area contributed by atoms with E-state index in [1.165, 1.54) is 24.3 Å². The average Bonchev–Trinajstić information content (AvgIpc) is 2.40. The first-order valence-corrected chi connectivity index (χ1v) is 5.84. The number of esters is 2. The molecule has 0 aliphatic rings. The maximum atomic E-state index is 11.2. The van der Waals surface area contributed by atoms with Gasteiger partial charge in [-0.15, -0.1) is 0 Å². The molecule has 0 bridgehead atoms. The van der Waals surface area contributed by atoms with Crippen molar-refractivity contribution in [1.29, 1.82) is 0 Å². The second-order valence-electron chi connectivity index (χ2n) is 4.03. The molecule has 0 saturated heterocycles. The molecule has 0 aromatic rings. The van der Waals surface area contributed by atoms with Crippen LogP contribution in [0.15, 0.2) is 24.3 Å². The minimum atomic E-state index is -1.20. The highest BCUT2D eigenvalue weighted by Crippen LogP contribution is 2.17. The fourth-order valence-corrected chi connectivity index (χ4v) is 1.09. The van der Waals surface area contributed by atoms with E-state index in [4.69, 9.17) is 9.47 Å². The molecule has 108 valence electrons. The summed E-state index contributed by atoms with van der Waals surface area (Å²) < 4.78 is 9.73. The van der Waals surface area contributed by atoms with Crippen molar-refractivity contribution >= 4 is 11.9 Å². The molecular weight excluding hydrogens is 252 g/mol. The van der Waals surface area contributed by atoms with Gasteiger partial charge in [-0.25, -0.2) is 9.59 Å². The lowest BCUT2D eigenvalue weighted by Gasteiger charge is -2.27. The van der Waals surface area contributed by atoms with Gasteiger partial charge in [0.1, 0.15) is 13.2 Å². The summed E-state index contributed by atoms with van der Waals surface area (Å²) in [5.74, 6) is -1.18. The summed E-state index contributed by atoms with van der Waals surface area (Å²) >= 11 is 0. The van der Waals surface area contributed by atoms with Crippen molar-refractivity contribution < 1.29 is 29.3 Å². The van der Waals surface area contributed by atoms with E-state index >= 15 is 0 Å². The third kappa shape index (κ3) is 6.73. The highest BCUT2D eigenvalue weighted by Gasteiger charge is 2.32. The van der Waals surface area contributed by atoms with Crippen LogP contribution in [0, 0.1) is 5.41 Å². The van der Waals surface area contributed by atoms with Gasteiger partial charge in [0.2, 0.25) is 0 Å². The molecule has 0 aliphatic carbocycles. The van der Waals surface area contributed by atoms with Gasteiger partial charge in [0.25, 0.3) is 0 Å². The second kappa shape index (κ2) is 9.29. The van der Waals surface area contributed by atoms with Gasteiger partial charge in [0, 0.05) is 12.2 Å². The molecule has 0 aliphatic heterocycles. The molecule has 0 saturated carbocycles. The van der Waals surface area contributed by atoms with Crippen LogP contribution < -0.4 is 0 Å². The lowest BCUT2D eigenvalue weighted by atomic mass is 9.92. The lowest BCUT2D eigenvalue weighted by molar-refractivity contribution is -0.152. The van der Waals surface area contributed by atoms with Crippen molar-refractivity contribution in [2.75, 3.05) is 26.4 Å². The molecule has 0 heterocycles. The van der Waals surface area contributed by atoms with E-state index in [0.717, 1.165) is 0 Å². The Bertz CT molecular complexity index is 311. The molecule has 0 fully saturated rings. The zero-order valence-corrected chi connectivity index (χ0v) is 11.2. The van der Waals surface area contributed by atoms with Crippen molar-refractivity contribution in [3.8, 4) is 0 Å². The molecule has 0 rings (SSSR count). The normalized spacial score (nSPS) is 12.0. The van der Waals surface area contributed by atoms with Gasteiger partial charge in [-0.2, -0.15) is 0 Å². The average molecular weight is 272 g/mol. The van der Waals surface area contributed by atoms with Crippen molar-refractivity contribution in [1.82, 2.24) is 0 Å². The van der Waals surface area contributed by atoms with Crippen LogP contribution in [0.4, 0.5) is 0 Å². The van der Waals surface area contributed by atoms with Crippen LogP contribution >= 0.6 is 0 Å². The minimum absolute atomic E-state index is 0.244. The maximum Gasteiger partial charge on any atom is 0.330 e. The number of carbonyl (C=O) groups is 2. The molecular formula is C13H20O6. The number of hydrogen-bond donors (Lipinski definition) is 2. The number of allylic oxidation sites excluding steroid dienone is 2. The fourth-order valence-electron chi connectivity index (χ4n) is 1.09. The van der Waals surface area contributed by atoms with E-state index in [1.54, 1.807) is 13.8 Å². The molecule has 19 heavy (non-hydrogen) atoms. The van der Waals surface area contributed by atoms with Crippen LogP contribution in [-0.4, -0.2) is 48.6 Å². The highest BCUT2D eigenvalue weighted by atomic mass is 16.5. The van der Waals surface area contributed by atoms with Gasteiger partial charge >= 0.3 is 11.9 Å². The molecule has 0 aromatic heterocycles. The lowest BCUT2D eigenvalue weighted by Crippen LogP contribution is -2.40. The first-order chi connectivity index (χ1) is 9.03. The van der Waals surface area contributed by atoms with Gasteiger partial charge in [-0.3, -0.25) is 0 Å². The van der Waals surface area contributed by atoms with Crippen LogP contribution in [0.2, 0.25) is 0 Å². The van der Waals surface area contributed by atoms with E-state index < -0.39 is 30.6 Å². The Balaban J connectivity index is 4.49. The Hall–Kier alpha value is -1.66. The number of carbonyl (C=O) groups excluding carboxylic acids is 2. The molecule has 6 nitrogen and oxygen atoms in total. The molecule has 6 heteroatoms. The first-order valence-electron chi connectivity index (χ1n) is 5.84. The molecule has 0 spiro atoms. The van der Waals surface area contributed by atoms with E-state index in [0.29, 0.717) is 0 Å². The predicted octanol–water partition coefficient (Wildman–Crippen LogP) is 0.196. The Morgan fingerprint density at radius 1 is 0.947 bits per heavy atom. The SMILES string of the molecule is C/C=C\C(=O)OCC(CO)(CO)COC(=O)/C=C\C. The Labute approximate surface area is 112 Å². The summed E-state index contributed by atoms with van der Waals surface area (Å²) in [6.45, 7) is 1.88. The van der Waals surface area contributed by atoms with Crippen LogP contribution in [0.3, 0.4) is 0 Å². The standard InChI is InChI=1S/C13H20O6/c1-3-5-11(16)18-9-13(7-14,8-15)10-19-12(17)6-4-2/h3-6,14-15H,7-10H2,1-2H3/b5-3-,6-4-. The Morgan fingerprint density at radius 2 is 1.32 bits per heavy atom. The van der Waals surface area contributed by atoms with Gasteiger partial charge in [0.15, 0.2) is 0 Å². The molecule has 0 atom stereocenters. The fraction of sp³-hybridized carbons (Fsp3) is 0.538. The Kier molecular flexibility index (Phi) is 8.48. The molecule has 0 amide bonds. The number of rotatable bonds is 8. The van der Waals surface area contributed by atoms with E-state index in [9.17, 15) is 19.8 Å². The molecule has 2 N–H and O–H groups in total. The highest BCUT2D eigenvalue weighted by molar-refractivity contribution is 5.82. The monoisotopic (exact) mass is 272 g/mol. The van der Waals surface area contributed by atoms with Crippen molar-refractivity contribution in [3.63, 3.8) is 0 Å². The van der Waals surface area contributed by atoms with E-state index in [2.05, 4.69) is 0 Å². The molecule has 0 unspecified atom stereocenters. The topological polar surface area (TPSA) is 93.1 Å². The van der Waals surface area contributed by atoms with Crippen molar-refractivity contribution in [2.24, 2.45) is 5.41 Å². The second-order valence-corrected chi connectivity index (χ2v) is 4.03. The number of ether oxygens (including phenoxy) is 2. The predicted molar refractivity (Wildman–Crippen MR) is 68.2 cm³/mol. The van der Waals surface area contributed by atoms with Gasteiger partial charge in [-0.05, 0) is 13.8 Å². The van der Waals surface area contributed by atoms with Gasteiger partial charge in [-0.1, -0.05) is 12.2 Å². The van der Waals surface area contributed by atoms with Crippen molar-refractivity contribution in [3.05, 3.63) is 24.3 Å². The Morgan fingerprint density at radius 3 is 1.58 bits per heavy atom. The van der Waals surface area contributed by atoms with Crippen LogP contribution in [0.25, 0.3) is 0 Å². The van der Waals surface area contributed by atoms with Crippen LogP contribution in [0.1, 0.15) is 13.8 Å². The quantitative estimate of drug-likeness (QED) is 0.484. The third-order valence-electron chi connectivity index (χ3n) is 2.32. The summed E-state index contributed by atoms with van der Waals surface area (Å²) in [7, 11) is 0. The maximum absolute atomic E-state index is 11.2. The zero-order valence-electron chi connectivity index (χ0n) is 11.2. The zero-order chi connectivity index (χ0) is 14.7. The molecule has 0 radical (unpaired) electrons. The summed E-state index contributed by atoms with van der Waals surface area (Å²) in [5, 5.41) is 18.6. The number of hydrogen-bond acceptors (Lipinski definition) is 6. The summed E-state index contributed by atoms with van der Waals surface area (Å²) in [6, 6.07) is 0. The summed E-state index contributed by atoms with van der Waals surface area (Å²) in [4.78, 5) is 22.3. The van der Waals surface area contributed by atoms with E-state index in [-0.39, 0.29) is 13.2 Å². The number of aliphatic hydroxyl groups excluding tert-OH is 2. The van der Waals surface area contributed by atoms with Crippen LogP contribution in [0.5, 0.6) is 0 Å². The van der Waals surface area contributed by atoms with Crippen LogP contribution in [-0.2, 0) is 19.1 Å². The van der Waals surface area contributed by atoms with E-state index in [1.807, 2.05) is 0 Å².